The van der Waals surface area contributed by atoms with Gasteiger partial charge in [-0.15, -0.1) is 0 Å². The van der Waals surface area contributed by atoms with Crippen LogP contribution in [0.15, 0.2) is 176 Å². The van der Waals surface area contributed by atoms with E-state index in [0.717, 1.165) is 23.5 Å². The van der Waals surface area contributed by atoms with Crippen LogP contribution in [0, 0.1) is 33.6 Å². The van der Waals surface area contributed by atoms with E-state index in [9.17, 15) is 0 Å². The molecule has 52 heavy (non-hydrogen) atoms. The molecule has 1 atom stereocenters. The zero-order chi connectivity index (χ0) is 35.9. The minimum Gasteiger partial charge on any atom is -0.311 e. The summed E-state index contributed by atoms with van der Waals surface area (Å²) in [5, 5.41) is 0. The van der Waals surface area contributed by atoms with Crippen molar-refractivity contribution in [2.75, 3.05) is 9.80 Å². The smallest absolute Gasteiger partial charge is 0.0462 e. The van der Waals surface area contributed by atoms with Crippen LogP contribution in [-0.2, 0) is 0 Å². The molecule has 0 fully saturated rings. The van der Waals surface area contributed by atoms with Gasteiger partial charge in [0.1, 0.15) is 0 Å². The van der Waals surface area contributed by atoms with Gasteiger partial charge in [-0.05, 0) is 123 Å². The summed E-state index contributed by atoms with van der Waals surface area (Å²) in [6.07, 6.45) is 16.8. The predicted molar refractivity (Wildman–Crippen MR) is 225 cm³/mol. The van der Waals surface area contributed by atoms with Gasteiger partial charge in [0, 0.05) is 34.1 Å². The van der Waals surface area contributed by atoms with Gasteiger partial charge in [-0.3, -0.25) is 0 Å². The van der Waals surface area contributed by atoms with Crippen LogP contribution < -0.4 is 9.80 Å². The molecule has 0 radical (unpaired) electrons. The summed E-state index contributed by atoms with van der Waals surface area (Å²) < 4.78 is 0. The SMILES string of the molecule is Cc1ccc(N(C2=CCC(/C=C/c3ccc(/C=C/c4ccc(N(c5ccc(C)cc5)c5ccc(C)cc5)cc4)cc3)C=C2)c2ccc(C)cc2)cc1. The van der Waals surface area contributed by atoms with E-state index in [1.54, 1.807) is 0 Å². The van der Waals surface area contributed by atoms with Crippen molar-refractivity contribution in [2.45, 2.75) is 34.1 Å². The maximum atomic E-state index is 2.36. The lowest BCUT2D eigenvalue weighted by molar-refractivity contribution is 0.813. The first-order chi connectivity index (χ1) is 25.4. The van der Waals surface area contributed by atoms with Crippen molar-refractivity contribution < 1.29 is 0 Å². The zero-order valence-electron chi connectivity index (χ0n) is 30.6. The van der Waals surface area contributed by atoms with Crippen molar-refractivity contribution in [2.24, 2.45) is 5.92 Å². The van der Waals surface area contributed by atoms with Gasteiger partial charge in [0.2, 0.25) is 0 Å². The molecular formula is C50H46N2. The molecule has 7 rings (SSSR count). The van der Waals surface area contributed by atoms with E-state index in [2.05, 4.69) is 226 Å². The molecule has 0 aliphatic heterocycles. The second kappa shape index (κ2) is 15.8. The van der Waals surface area contributed by atoms with E-state index in [1.165, 1.54) is 56.0 Å². The number of hydrogen-bond acceptors (Lipinski definition) is 2. The van der Waals surface area contributed by atoms with Crippen LogP contribution in [0.4, 0.5) is 28.4 Å². The van der Waals surface area contributed by atoms with E-state index in [0.29, 0.717) is 5.92 Å². The van der Waals surface area contributed by atoms with Crippen LogP contribution in [0.5, 0.6) is 0 Å². The van der Waals surface area contributed by atoms with Crippen molar-refractivity contribution >= 4 is 46.7 Å². The number of allylic oxidation sites excluding steroid dienone is 4. The summed E-state index contributed by atoms with van der Waals surface area (Å²) >= 11 is 0. The number of benzene rings is 6. The van der Waals surface area contributed by atoms with Crippen LogP contribution in [0.2, 0.25) is 0 Å². The summed E-state index contributed by atoms with van der Waals surface area (Å²) in [5.74, 6) is 0.358. The topological polar surface area (TPSA) is 6.48 Å². The molecule has 1 aliphatic carbocycles. The highest BCUT2D eigenvalue weighted by molar-refractivity contribution is 5.78. The Hall–Kier alpha value is -6.12. The Morgan fingerprint density at radius 2 is 0.731 bits per heavy atom. The fourth-order valence-electron chi connectivity index (χ4n) is 6.48. The van der Waals surface area contributed by atoms with Gasteiger partial charge >= 0.3 is 0 Å². The van der Waals surface area contributed by atoms with Gasteiger partial charge in [0.15, 0.2) is 0 Å². The van der Waals surface area contributed by atoms with Crippen LogP contribution in [0.3, 0.4) is 0 Å². The number of nitrogens with zero attached hydrogens (tertiary/aromatic N) is 2. The monoisotopic (exact) mass is 674 g/mol. The molecular weight excluding hydrogens is 629 g/mol. The molecule has 6 aromatic rings. The quantitative estimate of drug-likeness (QED) is 0.133. The highest BCUT2D eigenvalue weighted by atomic mass is 15.1. The van der Waals surface area contributed by atoms with Crippen LogP contribution in [-0.4, -0.2) is 0 Å². The second-order valence-corrected chi connectivity index (χ2v) is 13.9. The van der Waals surface area contributed by atoms with Crippen molar-refractivity contribution in [3.63, 3.8) is 0 Å². The van der Waals surface area contributed by atoms with E-state index >= 15 is 0 Å². The summed E-state index contributed by atoms with van der Waals surface area (Å²) in [6, 6.07) is 52.6. The standard InChI is InChI=1S/C50H46N2/c1-37-5-25-45(26-6-37)51(46-27-7-38(2)8-28-46)49-33-21-43(22-34-49)19-17-41-13-15-42(16-14-41)18-20-44-23-35-50(36-24-44)52(47-29-9-39(3)10-30-47)48-31-11-40(4)12-32-48/h5-23,25-36,44H,24H2,1-4H3/b19-17+,20-18+. The Morgan fingerprint density at radius 1 is 0.404 bits per heavy atom. The molecule has 6 aromatic carbocycles. The van der Waals surface area contributed by atoms with Gasteiger partial charge < -0.3 is 9.80 Å². The van der Waals surface area contributed by atoms with Crippen molar-refractivity contribution in [1.82, 2.24) is 0 Å². The Labute approximate surface area is 310 Å². The largest absolute Gasteiger partial charge is 0.311 e. The average Bonchev–Trinajstić information content (AvgIpc) is 3.18. The maximum Gasteiger partial charge on any atom is 0.0462 e. The third kappa shape index (κ3) is 8.42. The van der Waals surface area contributed by atoms with Crippen molar-refractivity contribution in [3.8, 4) is 0 Å². The summed E-state index contributed by atoms with van der Waals surface area (Å²) in [7, 11) is 0. The Balaban J connectivity index is 0.991. The molecule has 0 aromatic heterocycles. The lowest BCUT2D eigenvalue weighted by Gasteiger charge is -2.28. The molecule has 1 aliphatic rings. The molecule has 0 bridgehead atoms. The molecule has 0 saturated carbocycles. The Kier molecular flexibility index (Phi) is 10.5. The fourth-order valence-corrected chi connectivity index (χ4v) is 6.48. The minimum absolute atomic E-state index is 0.358. The minimum atomic E-state index is 0.358. The molecule has 0 spiro atoms. The Bertz CT molecular complexity index is 2110. The van der Waals surface area contributed by atoms with Crippen molar-refractivity contribution in [3.05, 3.63) is 215 Å². The number of hydrogen-bond donors (Lipinski definition) is 0. The van der Waals surface area contributed by atoms with Gasteiger partial charge in [-0.1, -0.05) is 144 Å². The lowest BCUT2D eigenvalue weighted by atomic mass is 9.97. The molecule has 0 N–H and O–H groups in total. The molecule has 256 valence electrons. The number of rotatable bonds is 10. The second-order valence-electron chi connectivity index (χ2n) is 13.9. The average molecular weight is 675 g/mol. The Morgan fingerprint density at radius 3 is 1.10 bits per heavy atom. The van der Waals surface area contributed by atoms with Crippen LogP contribution >= 0.6 is 0 Å². The van der Waals surface area contributed by atoms with Gasteiger partial charge in [0.25, 0.3) is 0 Å². The first-order valence-electron chi connectivity index (χ1n) is 18.2. The fraction of sp³-hybridized carbons (Fsp3) is 0.120. The van der Waals surface area contributed by atoms with Gasteiger partial charge in [-0.25, -0.2) is 0 Å². The third-order valence-electron chi connectivity index (χ3n) is 9.63. The number of aryl methyl sites for hydroxylation is 4. The zero-order valence-corrected chi connectivity index (χ0v) is 30.6. The summed E-state index contributed by atoms with van der Waals surface area (Å²) in [6.45, 7) is 8.52. The first kappa shape index (κ1) is 34.3. The predicted octanol–water partition coefficient (Wildman–Crippen LogP) is 13.9. The van der Waals surface area contributed by atoms with Crippen LogP contribution in [0.1, 0.15) is 45.4 Å². The molecule has 2 heteroatoms. The number of anilines is 5. The van der Waals surface area contributed by atoms with Gasteiger partial charge in [0.05, 0.1) is 0 Å². The molecule has 1 unspecified atom stereocenters. The summed E-state index contributed by atoms with van der Waals surface area (Å²) in [5.41, 5.74) is 15.6. The van der Waals surface area contributed by atoms with E-state index in [-0.39, 0.29) is 0 Å². The van der Waals surface area contributed by atoms with E-state index in [1.807, 2.05) is 0 Å². The first-order valence-corrected chi connectivity index (χ1v) is 18.2. The normalized spacial score (nSPS) is 14.2. The van der Waals surface area contributed by atoms with Crippen LogP contribution in [0.25, 0.3) is 18.2 Å². The molecule has 2 nitrogen and oxygen atoms in total. The van der Waals surface area contributed by atoms with E-state index in [4.69, 9.17) is 0 Å². The third-order valence-corrected chi connectivity index (χ3v) is 9.63. The summed E-state index contributed by atoms with van der Waals surface area (Å²) in [4.78, 5) is 4.66. The van der Waals surface area contributed by atoms with Gasteiger partial charge in [-0.2, -0.15) is 0 Å². The molecule has 0 heterocycles. The highest BCUT2D eigenvalue weighted by Gasteiger charge is 2.16. The molecule has 0 amide bonds. The maximum absolute atomic E-state index is 2.36. The van der Waals surface area contributed by atoms with E-state index < -0.39 is 0 Å². The lowest BCUT2D eigenvalue weighted by Crippen LogP contribution is -2.17. The molecule has 0 saturated heterocycles. The van der Waals surface area contributed by atoms with Crippen molar-refractivity contribution in [1.29, 1.82) is 0 Å². The highest BCUT2D eigenvalue weighted by Crippen LogP contribution is 2.36.